The molecule has 0 radical (unpaired) electrons. The highest BCUT2D eigenvalue weighted by atomic mass is 16.4. The van der Waals surface area contributed by atoms with Gasteiger partial charge in [-0.25, -0.2) is 9.59 Å². The Balaban J connectivity index is 2.51. The summed E-state index contributed by atoms with van der Waals surface area (Å²) < 4.78 is 0. The van der Waals surface area contributed by atoms with Crippen LogP contribution >= 0.6 is 0 Å². The fourth-order valence-electron chi connectivity index (χ4n) is 2.83. The molecule has 4 N–H and O–H groups in total. The fraction of sp³-hybridized carbons (Fsp3) is 0.857. The van der Waals surface area contributed by atoms with Crippen LogP contribution in [0.5, 0.6) is 0 Å². The number of carboxylic acid groups (broad SMARTS) is 1. The first kappa shape index (κ1) is 16.8. The van der Waals surface area contributed by atoms with Crippen LogP contribution in [0.15, 0.2) is 0 Å². The quantitative estimate of drug-likeness (QED) is 0.594. The van der Waals surface area contributed by atoms with E-state index in [2.05, 4.69) is 10.6 Å². The first-order chi connectivity index (χ1) is 9.45. The molecule has 1 saturated carbocycles. The zero-order valence-corrected chi connectivity index (χ0v) is 12.3. The van der Waals surface area contributed by atoms with Crippen LogP contribution < -0.4 is 10.6 Å². The second-order valence-electron chi connectivity index (χ2n) is 5.59. The molecule has 116 valence electrons. The zero-order chi connectivity index (χ0) is 15.1. The molecule has 0 heterocycles. The van der Waals surface area contributed by atoms with Crippen LogP contribution in [-0.2, 0) is 4.79 Å². The molecule has 1 aliphatic carbocycles. The van der Waals surface area contributed by atoms with Crippen LogP contribution in [0.3, 0.4) is 0 Å². The predicted molar refractivity (Wildman–Crippen MR) is 75.4 cm³/mol. The second-order valence-corrected chi connectivity index (χ2v) is 5.59. The number of carboxylic acids is 1. The summed E-state index contributed by atoms with van der Waals surface area (Å²) in [6, 6.07) is -1.73. The van der Waals surface area contributed by atoms with E-state index in [1.807, 2.05) is 6.92 Å². The molecule has 1 unspecified atom stereocenters. The third-order valence-electron chi connectivity index (χ3n) is 4.01. The summed E-state index contributed by atoms with van der Waals surface area (Å²) in [4.78, 5) is 22.8. The highest BCUT2D eigenvalue weighted by molar-refractivity contribution is 5.83. The summed E-state index contributed by atoms with van der Waals surface area (Å²) in [6.07, 6.45) is 5.54. The van der Waals surface area contributed by atoms with E-state index in [-0.39, 0.29) is 6.04 Å². The topological polar surface area (TPSA) is 98.7 Å². The second kappa shape index (κ2) is 8.09. The number of aliphatic hydroxyl groups excluding tert-OH is 1. The van der Waals surface area contributed by atoms with E-state index in [0.29, 0.717) is 5.92 Å². The number of hydrogen-bond acceptors (Lipinski definition) is 3. The molecule has 0 aromatic carbocycles. The van der Waals surface area contributed by atoms with Gasteiger partial charge in [0.25, 0.3) is 0 Å². The van der Waals surface area contributed by atoms with Gasteiger partial charge in [0.1, 0.15) is 0 Å². The van der Waals surface area contributed by atoms with Gasteiger partial charge >= 0.3 is 12.0 Å². The van der Waals surface area contributed by atoms with Gasteiger partial charge in [0.15, 0.2) is 6.04 Å². The van der Waals surface area contributed by atoms with E-state index in [1.54, 1.807) is 0 Å². The van der Waals surface area contributed by atoms with Crippen LogP contribution in [0.4, 0.5) is 4.79 Å². The largest absolute Gasteiger partial charge is 0.480 e. The van der Waals surface area contributed by atoms with Crippen LogP contribution in [0.1, 0.15) is 52.4 Å². The molecule has 1 aliphatic rings. The third-order valence-corrected chi connectivity index (χ3v) is 4.01. The number of carbonyl (C=O) groups excluding carboxylic acids is 1. The average Bonchev–Trinajstić information content (AvgIpc) is 2.42. The van der Waals surface area contributed by atoms with Crippen molar-refractivity contribution in [2.45, 2.75) is 70.6 Å². The normalized spacial score (nSPS) is 20.8. The summed E-state index contributed by atoms with van der Waals surface area (Å²) >= 11 is 0. The molecule has 1 fully saturated rings. The van der Waals surface area contributed by atoms with Crippen molar-refractivity contribution in [3.63, 3.8) is 0 Å². The first-order valence-electron chi connectivity index (χ1n) is 7.43. The standard InChI is InChI=1S/C14H26N2O4/c1-3-11(10-7-5-4-6-8-10)15-14(20)16-12(9(2)17)13(18)19/h9-12,17H,3-8H2,1-2H3,(H,18,19)(H2,15,16,20)/t9-,11?,12+/m1/s1. The highest BCUT2D eigenvalue weighted by Crippen LogP contribution is 2.27. The van der Waals surface area contributed by atoms with Gasteiger partial charge < -0.3 is 20.8 Å². The molecule has 0 aliphatic heterocycles. The summed E-state index contributed by atoms with van der Waals surface area (Å²) in [5.74, 6) is -0.768. The van der Waals surface area contributed by atoms with E-state index in [4.69, 9.17) is 5.11 Å². The van der Waals surface area contributed by atoms with Gasteiger partial charge in [-0.3, -0.25) is 0 Å². The Morgan fingerprint density at radius 3 is 2.25 bits per heavy atom. The maximum atomic E-state index is 11.9. The lowest BCUT2D eigenvalue weighted by Gasteiger charge is -2.30. The van der Waals surface area contributed by atoms with E-state index in [9.17, 15) is 14.7 Å². The fourth-order valence-corrected chi connectivity index (χ4v) is 2.83. The van der Waals surface area contributed by atoms with Gasteiger partial charge in [0, 0.05) is 6.04 Å². The minimum Gasteiger partial charge on any atom is -0.480 e. The first-order valence-corrected chi connectivity index (χ1v) is 7.43. The third kappa shape index (κ3) is 5.00. The van der Waals surface area contributed by atoms with Crippen molar-refractivity contribution in [3.8, 4) is 0 Å². The lowest BCUT2D eigenvalue weighted by Crippen LogP contribution is -2.54. The van der Waals surface area contributed by atoms with Crippen molar-refractivity contribution in [1.29, 1.82) is 0 Å². The molecule has 0 aromatic rings. The van der Waals surface area contributed by atoms with Crippen LogP contribution in [0.2, 0.25) is 0 Å². The molecule has 0 aromatic heterocycles. The Labute approximate surface area is 119 Å². The van der Waals surface area contributed by atoms with Crippen molar-refractivity contribution in [3.05, 3.63) is 0 Å². The van der Waals surface area contributed by atoms with Crippen LogP contribution in [0.25, 0.3) is 0 Å². The van der Waals surface area contributed by atoms with Gasteiger partial charge in [0.05, 0.1) is 6.10 Å². The number of hydrogen-bond donors (Lipinski definition) is 4. The van der Waals surface area contributed by atoms with Crippen LogP contribution in [0, 0.1) is 5.92 Å². The molecule has 6 heteroatoms. The minimum atomic E-state index is -1.28. The molecule has 3 atom stereocenters. The lowest BCUT2D eigenvalue weighted by molar-refractivity contribution is -0.141. The van der Waals surface area contributed by atoms with Gasteiger partial charge in [-0.15, -0.1) is 0 Å². The Morgan fingerprint density at radius 1 is 1.20 bits per heavy atom. The monoisotopic (exact) mass is 286 g/mol. The van der Waals surface area contributed by atoms with Gasteiger partial charge in [0.2, 0.25) is 0 Å². The summed E-state index contributed by atoms with van der Waals surface area (Å²) in [5.41, 5.74) is 0. The summed E-state index contributed by atoms with van der Waals surface area (Å²) in [5, 5.41) is 23.5. The maximum absolute atomic E-state index is 11.9. The number of carbonyl (C=O) groups is 2. The molecule has 1 rings (SSSR count). The lowest BCUT2D eigenvalue weighted by atomic mass is 9.83. The van der Waals surface area contributed by atoms with Crippen molar-refractivity contribution in [2.75, 3.05) is 0 Å². The summed E-state index contributed by atoms with van der Waals surface area (Å²) in [7, 11) is 0. The zero-order valence-electron chi connectivity index (χ0n) is 12.3. The molecule has 20 heavy (non-hydrogen) atoms. The number of nitrogens with one attached hydrogen (secondary N) is 2. The Kier molecular flexibility index (Phi) is 6.78. The van der Waals surface area contributed by atoms with E-state index < -0.39 is 24.1 Å². The number of aliphatic hydroxyl groups is 1. The molecule has 6 nitrogen and oxygen atoms in total. The van der Waals surface area contributed by atoms with Crippen molar-refractivity contribution in [2.24, 2.45) is 5.92 Å². The molecule has 2 amide bonds. The average molecular weight is 286 g/mol. The van der Waals surface area contributed by atoms with Crippen molar-refractivity contribution >= 4 is 12.0 Å². The van der Waals surface area contributed by atoms with Gasteiger partial charge in [-0.1, -0.05) is 26.2 Å². The Hall–Kier alpha value is -1.30. The predicted octanol–water partition coefficient (Wildman–Crippen LogP) is 1.48. The number of amides is 2. The molecular weight excluding hydrogens is 260 g/mol. The Bertz CT molecular complexity index is 327. The van der Waals surface area contributed by atoms with Crippen molar-refractivity contribution in [1.82, 2.24) is 10.6 Å². The van der Waals surface area contributed by atoms with Gasteiger partial charge in [-0.2, -0.15) is 0 Å². The SMILES string of the molecule is CCC(NC(=O)N[C@H](C(=O)O)[C@@H](C)O)C1CCCCC1. The molecule has 0 saturated heterocycles. The van der Waals surface area contributed by atoms with Gasteiger partial charge in [-0.05, 0) is 32.1 Å². The smallest absolute Gasteiger partial charge is 0.328 e. The number of urea groups is 1. The van der Waals surface area contributed by atoms with E-state index in [1.165, 1.54) is 26.2 Å². The van der Waals surface area contributed by atoms with Crippen LogP contribution in [-0.4, -0.2) is 40.4 Å². The molecule has 0 spiro atoms. The van der Waals surface area contributed by atoms with E-state index in [0.717, 1.165) is 19.3 Å². The number of aliphatic carboxylic acids is 1. The van der Waals surface area contributed by atoms with Crippen molar-refractivity contribution < 1.29 is 19.8 Å². The van der Waals surface area contributed by atoms with E-state index >= 15 is 0 Å². The molecular formula is C14H26N2O4. The minimum absolute atomic E-state index is 0.0683. The summed E-state index contributed by atoms with van der Waals surface area (Å²) in [6.45, 7) is 3.36. The number of rotatable bonds is 6. The maximum Gasteiger partial charge on any atom is 0.328 e. The Morgan fingerprint density at radius 2 is 1.80 bits per heavy atom. The highest BCUT2D eigenvalue weighted by Gasteiger charge is 2.28. The molecule has 0 bridgehead atoms.